The predicted molar refractivity (Wildman–Crippen MR) is 94.1 cm³/mol. The molecule has 2 N–H and O–H groups in total. The number of piperidine rings is 1. The number of aryl methyl sites for hydroxylation is 1. The quantitative estimate of drug-likeness (QED) is 0.937. The van der Waals surface area contributed by atoms with Gasteiger partial charge in [-0.1, -0.05) is 54.1 Å². The van der Waals surface area contributed by atoms with E-state index in [2.05, 4.69) is 67.4 Å². The maximum atomic E-state index is 6.21. The van der Waals surface area contributed by atoms with Gasteiger partial charge in [-0.05, 0) is 56.6 Å². The highest BCUT2D eigenvalue weighted by Gasteiger charge is 2.34. The summed E-state index contributed by atoms with van der Waals surface area (Å²) in [5, 5.41) is 0. The molecule has 0 bridgehead atoms. The fourth-order valence-corrected chi connectivity index (χ4v) is 3.51. The Bertz CT molecular complexity index is 640. The number of nitrogens with zero attached hydrogens (tertiary/aromatic N) is 1. The summed E-state index contributed by atoms with van der Waals surface area (Å²) in [6.07, 6.45) is 2.30. The molecule has 0 unspecified atom stereocenters. The van der Waals surface area contributed by atoms with Crippen LogP contribution in [-0.4, -0.2) is 31.6 Å². The summed E-state index contributed by atoms with van der Waals surface area (Å²) in [4.78, 5) is 2.40. The van der Waals surface area contributed by atoms with Crippen LogP contribution in [0.3, 0.4) is 0 Å². The first-order valence-corrected chi connectivity index (χ1v) is 8.19. The fourth-order valence-electron chi connectivity index (χ4n) is 3.51. The van der Waals surface area contributed by atoms with Crippen molar-refractivity contribution in [1.82, 2.24) is 4.90 Å². The van der Waals surface area contributed by atoms with Crippen LogP contribution in [0, 0.1) is 6.92 Å². The third-order valence-corrected chi connectivity index (χ3v) is 5.16. The highest BCUT2D eigenvalue weighted by molar-refractivity contribution is 5.65. The van der Waals surface area contributed by atoms with Crippen molar-refractivity contribution >= 4 is 0 Å². The summed E-state index contributed by atoms with van der Waals surface area (Å²) < 4.78 is 0. The standard InChI is InChI=1S/C20H26N2/c1-16-5-3-6-17(13-16)18-7-4-8-19(14-18)20(15-21)9-11-22(2)12-10-20/h3-8,13-14H,9-12,15,21H2,1-2H3. The third-order valence-electron chi connectivity index (χ3n) is 5.16. The van der Waals surface area contributed by atoms with Crippen molar-refractivity contribution in [2.45, 2.75) is 25.2 Å². The normalized spacial score (nSPS) is 18.3. The van der Waals surface area contributed by atoms with E-state index in [0.29, 0.717) is 0 Å². The van der Waals surface area contributed by atoms with Crippen molar-refractivity contribution in [3.63, 3.8) is 0 Å². The molecule has 0 spiro atoms. The van der Waals surface area contributed by atoms with E-state index < -0.39 is 0 Å². The second-order valence-electron chi connectivity index (χ2n) is 6.74. The molecule has 1 fully saturated rings. The Morgan fingerprint density at radius 1 is 1.00 bits per heavy atom. The molecule has 0 aromatic heterocycles. The van der Waals surface area contributed by atoms with Crippen LogP contribution in [0.1, 0.15) is 24.0 Å². The van der Waals surface area contributed by atoms with E-state index in [9.17, 15) is 0 Å². The molecular formula is C20H26N2. The molecule has 1 aliphatic heterocycles. The SMILES string of the molecule is Cc1cccc(-c2cccc(C3(CN)CCN(C)CC3)c2)c1. The Morgan fingerprint density at radius 3 is 2.27 bits per heavy atom. The van der Waals surface area contributed by atoms with Crippen LogP contribution in [0.4, 0.5) is 0 Å². The molecule has 0 saturated carbocycles. The summed E-state index contributed by atoms with van der Waals surface area (Å²) in [5.74, 6) is 0. The molecule has 2 aromatic carbocycles. The van der Waals surface area contributed by atoms with Crippen molar-refractivity contribution in [3.05, 3.63) is 59.7 Å². The molecule has 116 valence electrons. The first-order valence-electron chi connectivity index (χ1n) is 8.19. The zero-order chi connectivity index (χ0) is 15.6. The van der Waals surface area contributed by atoms with E-state index in [1.54, 1.807) is 0 Å². The van der Waals surface area contributed by atoms with Gasteiger partial charge in [-0.15, -0.1) is 0 Å². The Kier molecular flexibility index (Phi) is 4.32. The zero-order valence-electron chi connectivity index (χ0n) is 13.7. The number of benzene rings is 2. The number of hydrogen-bond donors (Lipinski definition) is 1. The molecule has 2 aromatic rings. The number of likely N-dealkylation sites (tertiary alicyclic amines) is 1. The zero-order valence-corrected chi connectivity index (χ0v) is 13.7. The molecule has 0 amide bonds. The Morgan fingerprint density at radius 2 is 1.64 bits per heavy atom. The predicted octanol–water partition coefficient (Wildman–Crippen LogP) is 3.58. The van der Waals surface area contributed by atoms with Crippen molar-refractivity contribution < 1.29 is 0 Å². The summed E-state index contributed by atoms with van der Waals surface area (Å²) >= 11 is 0. The average Bonchev–Trinajstić information content (AvgIpc) is 2.56. The van der Waals surface area contributed by atoms with Gasteiger partial charge in [0.05, 0.1) is 0 Å². The topological polar surface area (TPSA) is 29.3 Å². The maximum absolute atomic E-state index is 6.21. The molecule has 2 heteroatoms. The van der Waals surface area contributed by atoms with Gasteiger partial charge in [-0.25, -0.2) is 0 Å². The van der Waals surface area contributed by atoms with Gasteiger partial charge in [0.1, 0.15) is 0 Å². The van der Waals surface area contributed by atoms with Crippen LogP contribution in [0.2, 0.25) is 0 Å². The number of hydrogen-bond acceptors (Lipinski definition) is 2. The van der Waals surface area contributed by atoms with Gasteiger partial charge < -0.3 is 10.6 Å². The Balaban J connectivity index is 1.96. The lowest BCUT2D eigenvalue weighted by molar-refractivity contribution is 0.192. The summed E-state index contributed by atoms with van der Waals surface area (Å²) in [6, 6.07) is 17.7. The van der Waals surface area contributed by atoms with E-state index in [4.69, 9.17) is 5.73 Å². The molecule has 0 radical (unpaired) electrons. The van der Waals surface area contributed by atoms with Gasteiger partial charge in [-0.2, -0.15) is 0 Å². The minimum atomic E-state index is 0.145. The summed E-state index contributed by atoms with van der Waals surface area (Å²) in [5.41, 5.74) is 11.7. The minimum Gasteiger partial charge on any atom is -0.330 e. The Labute approximate surface area is 134 Å². The molecule has 22 heavy (non-hydrogen) atoms. The molecule has 0 atom stereocenters. The van der Waals surface area contributed by atoms with Gasteiger partial charge >= 0.3 is 0 Å². The van der Waals surface area contributed by atoms with Crippen molar-refractivity contribution in [1.29, 1.82) is 0 Å². The van der Waals surface area contributed by atoms with E-state index in [1.165, 1.54) is 22.3 Å². The molecular weight excluding hydrogens is 268 g/mol. The van der Waals surface area contributed by atoms with E-state index >= 15 is 0 Å². The van der Waals surface area contributed by atoms with Crippen molar-refractivity contribution in [2.75, 3.05) is 26.7 Å². The van der Waals surface area contributed by atoms with Crippen molar-refractivity contribution in [3.8, 4) is 11.1 Å². The lowest BCUT2D eigenvalue weighted by Crippen LogP contribution is -2.45. The van der Waals surface area contributed by atoms with Crippen molar-refractivity contribution in [2.24, 2.45) is 5.73 Å². The van der Waals surface area contributed by atoms with Gasteiger partial charge in [0.2, 0.25) is 0 Å². The largest absolute Gasteiger partial charge is 0.330 e. The lowest BCUT2D eigenvalue weighted by atomic mass is 9.72. The number of rotatable bonds is 3. The minimum absolute atomic E-state index is 0.145. The molecule has 1 heterocycles. The van der Waals surface area contributed by atoms with Crippen LogP contribution in [0.5, 0.6) is 0 Å². The molecule has 2 nitrogen and oxygen atoms in total. The Hall–Kier alpha value is -1.64. The van der Waals surface area contributed by atoms with E-state index in [-0.39, 0.29) is 5.41 Å². The monoisotopic (exact) mass is 294 g/mol. The van der Waals surface area contributed by atoms with Crippen LogP contribution < -0.4 is 5.73 Å². The lowest BCUT2D eigenvalue weighted by Gasteiger charge is -2.40. The smallest absolute Gasteiger partial charge is 0.01000 e. The van der Waals surface area contributed by atoms with Gasteiger partial charge in [-0.3, -0.25) is 0 Å². The fraction of sp³-hybridized carbons (Fsp3) is 0.400. The van der Waals surface area contributed by atoms with Crippen LogP contribution in [-0.2, 0) is 5.41 Å². The van der Waals surface area contributed by atoms with Crippen LogP contribution in [0.25, 0.3) is 11.1 Å². The number of nitrogens with two attached hydrogens (primary N) is 1. The average molecular weight is 294 g/mol. The van der Waals surface area contributed by atoms with Gasteiger partial charge in [0.25, 0.3) is 0 Å². The maximum Gasteiger partial charge on any atom is 0.01000 e. The van der Waals surface area contributed by atoms with Gasteiger partial charge in [0.15, 0.2) is 0 Å². The molecule has 1 aliphatic rings. The molecule has 0 aliphatic carbocycles. The highest BCUT2D eigenvalue weighted by atomic mass is 15.1. The van der Waals surface area contributed by atoms with E-state index in [1.807, 2.05) is 0 Å². The highest BCUT2D eigenvalue weighted by Crippen LogP contribution is 2.36. The first-order chi connectivity index (χ1) is 10.6. The van der Waals surface area contributed by atoms with E-state index in [0.717, 1.165) is 32.5 Å². The van der Waals surface area contributed by atoms with Crippen LogP contribution in [0.15, 0.2) is 48.5 Å². The third kappa shape index (κ3) is 2.94. The molecule has 1 saturated heterocycles. The van der Waals surface area contributed by atoms with Crippen LogP contribution >= 0.6 is 0 Å². The summed E-state index contributed by atoms with van der Waals surface area (Å²) in [7, 11) is 2.20. The first kappa shape index (κ1) is 15.3. The molecule has 3 rings (SSSR count). The second kappa shape index (κ2) is 6.23. The summed E-state index contributed by atoms with van der Waals surface area (Å²) in [6.45, 7) is 5.14. The van der Waals surface area contributed by atoms with Gasteiger partial charge in [0, 0.05) is 12.0 Å². The second-order valence-corrected chi connectivity index (χ2v) is 6.74.